The molecule has 1 fully saturated rings. The number of carbonyl (C=O) groups is 1. The van der Waals surface area contributed by atoms with Crippen LogP contribution in [-0.4, -0.2) is 29.5 Å². The zero-order valence-corrected chi connectivity index (χ0v) is 9.13. The van der Waals surface area contributed by atoms with Crippen LogP contribution in [0.1, 0.15) is 18.4 Å². The summed E-state index contributed by atoms with van der Waals surface area (Å²) in [6.45, 7) is 0.499. The monoisotopic (exact) mass is 220 g/mol. The topological polar surface area (TPSA) is 65.2 Å². The van der Waals surface area contributed by atoms with Crippen molar-refractivity contribution in [1.29, 1.82) is 0 Å². The second-order valence-corrected chi connectivity index (χ2v) is 4.06. The van der Waals surface area contributed by atoms with E-state index in [-0.39, 0.29) is 18.0 Å². The number of hydrogen-bond donors (Lipinski definition) is 1. The number of Topliss-reactive ketones (excluding diaryl/α,β-unsaturated/α-hetero) is 1. The minimum absolute atomic E-state index is 0.0615. The number of aromatic nitrogens is 1. The van der Waals surface area contributed by atoms with Crippen molar-refractivity contribution in [3.8, 4) is 0 Å². The maximum Gasteiger partial charge on any atom is 0.165 e. The summed E-state index contributed by atoms with van der Waals surface area (Å²) in [7, 11) is 0. The SMILES string of the molecule is NCC1CCC(C(=O)Cc2ccncc2)O1. The van der Waals surface area contributed by atoms with Gasteiger partial charge in [-0.2, -0.15) is 0 Å². The van der Waals surface area contributed by atoms with Crippen molar-refractivity contribution in [3.05, 3.63) is 30.1 Å². The number of pyridine rings is 1. The Balaban J connectivity index is 1.90. The predicted octanol–water partition coefficient (Wildman–Crippen LogP) is 0.699. The van der Waals surface area contributed by atoms with Crippen molar-refractivity contribution in [2.45, 2.75) is 31.5 Å². The van der Waals surface area contributed by atoms with Crippen LogP contribution >= 0.6 is 0 Å². The highest BCUT2D eigenvalue weighted by Crippen LogP contribution is 2.20. The highest BCUT2D eigenvalue weighted by atomic mass is 16.5. The van der Waals surface area contributed by atoms with Crippen LogP contribution in [0.25, 0.3) is 0 Å². The van der Waals surface area contributed by atoms with Crippen molar-refractivity contribution < 1.29 is 9.53 Å². The smallest absolute Gasteiger partial charge is 0.165 e. The summed E-state index contributed by atoms with van der Waals surface area (Å²) >= 11 is 0. The zero-order chi connectivity index (χ0) is 11.4. The maximum atomic E-state index is 11.9. The summed E-state index contributed by atoms with van der Waals surface area (Å²) in [4.78, 5) is 15.8. The fraction of sp³-hybridized carbons (Fsp3) is 0.500. The number of nitrogens with zero attached hydrogens (tertiary/aromatic N) is 1. The van der Waals surface area contributed by atoms with Crippen molar-refractivity contribution in [3.63, 3.8) is 0 Å². The van der Waals surface area contributed by atoms with E-state index in [1.54, 1.807) is 12.4 Å². The Hall–Kier alpha value is -1.26. The van der Waals surface area contributed by atoms with Gasteiger partial charge in [-0.15, -0.1) is 0 Å². The molecule has 0 spiro atoms. The molecule has 1 aromatic rings. The van der Waals surface area contributed by atoms with Crippen LogP contribution in [0.15, 0.2) is 24.5 Å². The molecule has 1 saturated heterocycles. The van der Waals surface area contributed by atoms with E-state index in [9.17, 15) is 4.79 Å². The first kappa shape index (κ1) is 11.2. The Morgan fingerprint density at radius 3 is 2.81 bits per heavy atom. The Labute approximate surface area is 94.8 Å². The Bertz CT molecular complexity index is 353. The number of ketones is 1. The second-order valence-electron chi connectivity index (χ2n) is 4.06. The van der Waals surface area contributed by atoms with Crippen molar-refractivity contribution >= 4 is 5.78 Å². The van der Waals surface area contributed by atoms with Crippen LogP contribution in [0.3, 0.4) is 0 Å². The molecule has 1 aromatic heterocycles. The average Bonchev–Trinajstić information content (AvgIpc) is 2.79. The van der Waals surface area contributed by atoms with Crippen LogP contribution < -0.4 is 5.73 Å². The van der Waals surface area contributed by atoms with E-state index in [2.05, 4.69) is 4.98 Å². The maximum absolute atomic E-state index is 11.9. The van der Waals surface area contributed by atoms with Gasteiger partial charge in [0.05, 0.1) is 6.10 Å². The average molecular weight is 220 g/mol. The lowest BCUT2D eigenvalue weighted by atomic mass is 10.0. The molecule has 1 aliphatic rings. The number of rotatable bonds is 4. The molecule has 2 atom stereocenters. The fourth-order valence-corrected chi connectivity index (χ4v) is 1.93. The lowest BCUT2D eigenvalue weighted by Gasteiger charge is -2.11. The fourth-order valence-electron chi connectivity index (χ4n) is 1.93. The van der Waals surface area contributed by atoms with Gasteiger partial charge >= 0.3 is 0 Å². The Kier molecular flexibility index (Phi) is 3.64. The minimum atomic E-state index is -0.262. The third-order valence-corrected chi connectivity index (χ3v) is 2.86. The summed E-state index contributed by atoms with van der Waals surface area (Å²) in [5.41, 5.74) is 6.49. The Morgan fingerprint density at radius 1 is 1.44 bits per heavy atom. The molecule has 0 radical (unpaired) electrons. The molecule has 16 heavy (non-hydrogen) atoms. The first-order chi connectivity index (χ1) is 7.79. The third kappa shape index (κ3) is 2.65. The van der Waals surface area contributed by atoms with Gasteiger partial charge in [-0.05, 0) is 30.5 Å². The molecule has 2 N–H and O–H groups in total. The summed E-state index contributed by atoms with van der Waals surface area (Å²) in [5.74, 6) is 0.141. The van der Waals surface area contributed by atoms with Gasteiger partial charge in [-0.1, -0.05) is 0 Å². The molecule has 0 bridgehead atoms. The number of ether oxygens (including phenoxy) is 1. The largest absolute Gasteiger partial charge is 0.366 e. The lowest BCUT2D eigenvalue weighted by molar-refractivity contribution is -0.128. The standard InChI is InChI=1S/C12H16N2O2/c13-8-10-1-2-12(16-10)11(15)7-9-3-5-14-6-4-9/h3-6,10,12H,1-2,7-8,13H2. The molecule has 2 rings (SSSR count). The van der Waals surface area contributed by atoms with E-state index >= 15 is 0 Å². The normalized spacial score (nSPS) is 24.6. The molecule has 86 valence electrons. The highest BCUT2D eigenvalue weighted by Gasteiger charge is 2.29. The number of hydrogen-bond acceptors (Lipinski definition) is 4. The van der Waals surface area contributed by atoms with Crippen molar-refractivity contribution in [2.75, 3.05) is 6.54 Å². The molecule has 2 heterocycles. The van der Waals surface area contributed by atoms with E-state index in [0.717, 1.165) is 18.4 Å². The van der Waals surface area contributed by atoms with Crippen LogP contribution in [0.5, 0.6) is 0 Å². The van der Waals surface area contributed by atoms with Gasteiger partial charge in [0.2, 0.25) is 0 Å². The summed E-state index contributed by atoms with van der Waals surface area (Å²) < 4.78 is 5.55. The highest BCUT2D eigenvalue weighted by molar-refractivity contribution is 5.85. The van der Waals surface area contributed by atoms with Gasteiger partial charge in [0.25, 0.3) is 0 Å². The quantitative estimate of drug-likeness (QED) is 0.811. The first-order valence-electron chi connectivity index (χ1n) is 5.56. The van der Waals surface area contributed by atoms with Gasteiger partial charge in [-0.25, -0.2) is 0 Å². The van der Waals surface area contributed by atoms with Crippen LogP contribution in [0.2, 0.25) is 0 Å². The molecule has 0 aromatic carbocycles. The van der Waals surface area contributed by atoms with Crippen LogP contribution in [-0.2, 0) is 16.0 Å². The van der Waals surface area contributed by atoms with E-state index in [1.165, 1.54) is 0 Å². The van der Waals surface area contributed by atoms with Gasteiger partial charge in [-0.3, -0.25) is 9.78 Å². The first-order valence-corrected chi connectivity index (χ1v) is 5.56. The lowest BCUT2D eigenvalue weighted by Crippen LogP contribution is -2.26. The van der Waals surface area contributed by atoms with E-state index in [0.29, 0.717) is 13.0 Å². The van der Waals surface area contributed by atoms with E-state index in [4.69, 9.17) is 10.5 Å². The van der Waals surface area contributed by atoms with Crippen LogP contribution in [0, 0.1) is 0 Å². The molecule has 0 amide bonds. The van der Waals surface area contributed by atoms with Gasteiger partial charge in [0.1, 0.15) is 6.10 Å². The molecule has 4 nitrogen and oxygen atoms in total. The summed E-state index contributed by atoms with van der Waals surface area (Å²) in [6.07, 6.45) is 5.30. The van der Waals surface area contributed by atoms with Gasteiger partial charge in [0.15, 0.2) is 5.78 Å². The Morgan fingerprint density at radius 2 is 2.19 bits per heavy atom. The number of nitrogens with two attached hydrogens (primary N) is 1. The summed E-state index contributed by atoms with van der Waals surface area (Å²) in [6, 6.07) is 3.71. The van der Waals surface area contributed by atoms with E-state index < -0.39 is 0 Å². The molecule has 0 aliphatic carbocycles. The van der Waals surface area contributed by atoms with Crippen molar-refractivity contribution in [2.24, 2.45) is 5.73 Å². The van der Waals surface area contributed by atoms with Gasteiger partial charge in [0, 0.05) is 25.4 Å². The molecule has 0 saturated carbocycles. The third-order valence-electron chi connectivity index (χ3n) is 2.86. The number of carbonyl (C=O) groups excluding carboxylic acids is 1. The molecule has 1 aliphatic heterocycles. The van der Waals surface area contributed by atoms with Crippen molar-refractivity contribution in [1.82, 2.24) is 4.98 Å². The molecule has 2 unspecified atom stereocenters. The zero-order valence-electron chi connectivity index (χ0n) is 9.13. The summed E-state index contributed by atoms with van der Waals surface area (Å²) in [5, 5.41) is 0. The molecular weight excluding hydrogens is 204 g/mol. The molecular formula is C12H16N2O2. The minimum Gasteiger partial charge on any atom is -0.366 e. The second kappa shape index (κ2) is 5.18. The van der Waals surface area contributed by atoms with E-state index in [1.807, 2.05) is 12.1 Å². The van der Waals surface area contributed by atoms with Crippen LogP contribution in [0.4, 0.5) is 0 Å². The predicted molar refractivity (Wildman–Crippen MR) is 59.9 cm³/mol. The molecule has 4 heteroatoms. The van der Waals surface area contributed by atoms with Gasteiger partial charge < -0.3 is 10.5 Å².